The van der Waals surface area contributed by atoms with Gasteiger partial charge in [-0.05, 0) is 30.3 Å². The Morgan fingerprint density at radius 3 is 2.48 bits per heavy atom. The van der Waals surface area contributed by atoms with Gasteiger partial charge in [0.2, 0.25) is 5.91 Å². The summed E-state index contributed by atoms with van der Waals surface area (Å²) >= 11 is 0. The van der Waals surface area contributed by atoms with Gasteiger partial charge in [-0.25, -0.2) is 13.6 Å². The van der Waals surface area contributed by atoms with E-state index in [-0.39, 0.29) is 24.6 Å². The number of rotatable bonds is 5. The van der Waals surface area contributed by atoms with Crippen molar-refractivity contribution in [2.75, 3.05) is 26.5 Å². The molecule has 1 aromatic heterocycles. The molecular weight excluding hydrogens is 378 g/mol. The topological polar surface area (TPSA) is 57.6 Å². The summed E-state index contributed by atoms with van der Waals surface area (Å²) in [6, 6.07) is 10.1. The van der Waals surface area contributed by atoms with Crippen molar-refractivity contribution >= 4 is 28.5 Å². The summed E-state index contributed by atoms with van der Waals surface area (Å²) in [5, 5.41) is 3.64. The Labute approximate surface area is 167 Å². The van der Waals surface area contributed by atoms with E-state index in [1.165, 1.54) is 22.9 Å². The lowest BCUT2D eigenvalue weighted by atomic mass is 10.2. The van der Waals surface area contributed by atoms with E-state index in [1.807, 2.05) is 22.9 Å². The molecule has 0 saturated carbocycles. The van der Waals surface area contributed by atoms with Crippen LogP contribution < -0.4 is 5.32 Å². The molecule has 1 heterocycles. The Morgan fingerprint density at radius 1 is 1.03 bits per heavy atom. The number of hydrogen-bond acceptors (Lipinski definition) is 2. The van der Waals surface area contributed by atoms with Gasteiger partial charge in [-0.15, -0.1) is 0 Å². The van der Waals surface area contributed by atoms with Gasteiger partial charge in [0.1, 0.15) is 18.2 Å². The number of likely N-dealkylation sites (N-methyl/N-ethyl adjacent to an activating group) is 1. The van der Waals surface area contributed by atoms with Crippen LogP contribution in [0.5, 0.6) is 0 Å². The van der Waals surface area contributed by atoms with Crippen molar-refractivity contribution in [1.29, 1.82) is 0 Å². The molecule has 8 heteroatoms. The summed E-state index contributed by atoms with van der Waals surface area (Å²) in [6.07, 6.45) is 1.82. The van der Waals surface area contributed by atoms with Gasteiger partial charge in [-0.2, -0.15) is 0 Å². The van der Waals surface area contributed by atoms with Gasteiger partial charge in [0.25, 0.3) is 0 Å². The van der Waals surface area contributed by atoms with Crippen LogP contribution in [0.1, 0.15) is 5.56 Å². The van der Waals surface area contributed by atoms with E-state index in [0.717, 1.165) is 23.0 Å². The van der Waals surface area contributed by atoms with Gasteiger partial charge in [0.15, 0.2) is 0 Å². The lowest BCUT2D eigenvalue weighted by Gasteiger charge is -2.18. The Morgan fingerprint density at radius 2 is 1.79 bits per heavy atom. The second kappa shape index (κ2) is 8.30. The number of benzene rings is 2. The highest BCUT2D eigenvalue weighted by Gasteiger charge is 2.14. The van der Waals surface area contributed by atoms with E-state index < -0.39 is 17.7 Å². The Kier molecular flexibility index (Phi) is 5.81. The molecule has 0 bridgehead atoms. The number of nitrogens with zero attached hydrogens (tertiary/aromatic N) is 3. The zero-order valence-corrected chi connectivity index (χ0v) is 16.4. The quantitative estimate of drug-likeness (QED) is 0.711. The van der Waals surface area contributed by atoms with Gasteiger partial charge in [0, 0.05) is 62.1 Å². The molecule has 0 unspecified atom stereocenters. The fourth-order valence-electron chi connectivity index (χ4n) is 2.90. The van der Waals surface area contributed by atoms with Gasteiger partial charge in [-0.1, -0.05) is 6.07 Å². The van der Waals surface area contributed by atoms with Gasteiger partial charge in [-0.3, -0.25) is 4.79 Å². The highest BCUT2D eigenvalue weighted by Crippen LogP contribution is 2.21. The van der Waals surface area contributed by atoms with Crippen LogP contribution in [0.2, 0.25) is 0 Å². The minimum Gasteiger partial charge on any atom is -0.347 e. The minimum absolute atomic E-state index is 0.00319. The average Bonchev–Trinajstić information content (AvgIpc) is 3.05. The summed E-state index contributed by atoms with van der Waals surface area (Å²) in [7, 11) is 4.94. The largest absolute Gasteiger partial charge is 0.347 e. The van der Waals surface area contributed by atoms with E-state index in [9.17, 15) is 18.4 Å². The van der Waals surface area contributed by atoms with Crippen molar-refractivity contribution < 1.29 is 18.4 Å². The highest BCUT2D eigenvalue weighted by atomic mass is 19.1. The number of hydrogen-bond donors (Lipinski definition) is 1. The lowest BCUT2D eigenvalue weighted by molar-refractivity contribution is -0.129. The molecule has 0 fully saturated rings. The van der Waals surface area contributed by atoms with Gasteiger partial charge in [0.05, 0.1) is 0 Å². The molecule has 6 nitrogen and oxygen atoms in total. The number of urea groups is 1. The van der Waals surface area contributed by atoms with Crippen LogP contribution in [0, 0.1) is 11.6 Å². The fraction of sp³-hybridized carbons (Fsp3) is 0.238. The first-order chi connectivity index (χ1) is 13.7. The first-order valence-corrected chi connectivity index (χ1v) is 8.99. The molecule has 0 aliphatic heterocycles. The second-order valence-electron chi connectivity index (χ2n) is 7.03. The minimum atomic E-state index is -0.695. The molecule has 152 valence electrons. The Hall–Kier alpha value is -3.42. The summed E-state index contributed by atoms with van der Waals surface area (Å²) in [5.74, 6) is -1.37. The molecular formula is C21H22F2N4O2. The number of carbonyl (C=O) groups excluding carboxylic acids is 2. The van der Waals surface area contributed by atoms with Crippen LogP contribution in [-0.4, -0.2) is 47.4 Å². The number of aromatic nitrogens is 1. The molecule has 1 N–H and O–H groups in total. The third-order valence-corrected chi connectivity index (χ3v) is 4.60. The number of carbonyl (C=O) groups is 2. The molecule has 3 rings (SSSR count). The van der Waals surface area contributed by atoms with Crippen molar-refractivity contribution in [3.63, 3.8) is 0 Å². The third kappa shape index (κ3) is 4.71. The Balaban J connectivity index is 1.69. The van der Waals surface area contributed by atoms with E-state index in [2.05, 4.69) is 5.32 Å². The van der Waals surface area contributed by atoms with E-state index in [4.69, 9.17) is 0 Å². The van der Waals surface area contributed by atoms with Gasteiger partial charge >= 0.3 is 6.03 Å². The van der Waals surface area contributed by atoms with Crippen molar-refractivity contribution in [3.8, 4) is 0 Å². The molecule has 0 saturated heterocycles. The molecule has 0 spiro atoms. The molecule has 0 aliphatic carbocycles. The van der Waals surface area contributed by atoms with Crippen LogP contribution in [0.3, 0.4) is 0 Å². The van der Waals surface area contributed by atoms with E-state index >= 15 is 0 Å². The normalized spacial score (nSPS) is 10.8. The van der Waals surface area contributed by atoms with Gasteiger partial charge < -0.3 is 19.7 Å². The number of anilines is 1. The zero-order chi connectivity index (χ0) is 21.1. The standard InChI is InChI=1S/C21H22F2N4O2/c1-25(2)20(28)13-27-9-8-14-10-17(6-7-19(14)27)24-21(29)26(3)12-15-4-5-16(22)11-18(15)23/h4-11H,12-13H2,1-3H3,(H,24,29). The fourth-order valence-corrected chi connectivity index (χ4v) is 2.90. The summed E-state index contributed by atoms with van der Waals surface area (Å²) < 4.78 is 28.6. The molecule has 3 aromatic rings. The zero-order valence-electron chi connectivity index (χ0n) is 16.4. The molecule has 0 radical (unpaired) electrons. The van der Waals surface area contributed by atoms with E-state index in [1.54, 1.807) is 26.2 Å². The third-order valence-electron chi connectivity index (χ3n) is 4.60. The number of fused-ring (bicyclic) bond motifs is 1. The molecule has 2 aromatic carbocycles. The molecule has 3 amide bonds. The monoisotopic (exact) mass is 400 g/mol. The van der Waals surface area contributed by atoms with Crippen LogP contribution >= 0.6 is 0 Å². The smallest absolute Gasteiger partial charge is 0.321 e. The summed E-state index contributed by atoms with van der Waals surface area (Å²) in [5.41, 5.74) is 1.67. The van der Waals surface area contributed by atoms with Crippen molar-refractivity contribution in [2.24, 2.45) is 0 Å². The maximum absolute atomic E-state index is 13.8. The van der Waals surface area contributed by atoms with Crippen LogP contribution in [-0.2, 0) is 17.9 Å². The number of halogens is 2. The molecule has 29 heavy (non-hydrogen) atoms. The predicted octanol–water partition coefficient (Wildman–Crippen LogP) is 3.67. The van der Waals surface area contributed by atoms with Crippen molar-refractivity contribution in [1.82, 2.24) is 14.4 Å². The Bertz CT molecular complexity index is 1060. The number of amides is 3. The maximum Gasteiger partial charge on any atom is 0.321 e. The first-order valence-electron chi connectivity index (χ1n) is 8.99. The SMILES string of the molecule is CN(C)C(=O)Cn1ccc2cc(NC(=O)N(C)Cc3ccc(F)cc3F)ccc21. The van der Waals surface area contributed by atoms with Crippen molar-refractivity contribution in [2.45, 2.75) is 13.1 Å². The maximum atomic E-state index is 13.8. The number of nitrogens with one attached hydrogen (secondary N) is 1. The summed E-state index contributed by atoms with van der Waals surface area (Å²) in [6.45, 7) is 0.234. The van der Waals surface area contributed by atoms with Crippen LogP contribution in [0.15, 0.2) is 48.7 Å². The van der Waals surface area contributed by atoms with Crippen LogP contribution in [0.25, 0.3) is 10.9 Å². The highest BCUT2D eigenvalue weighted by molar-refractivity contribution is 5.93. The summed E-state index contributed by atoms with van der Waals surface area (Å²) in [4.78, 5) is 27.2. The van der Waals surface area contributed by atoms with Crippen molar-refractivity contribution in [3.05, 3.63) is 65.9 Å². The van der Waals surface area contributed by atoms with Crippen LogP contribution in [0.4, 0.5) is 19.3 Å². The molecule has 0 atom stereocenters. The lowest BCUT2D eigenvalue weighted by Crippen LogP contribution is -2.31. The predicted molar refractivity (Wildman–Crippen MR) is 107 cm³/mol. The average molecular weight is 400 g/mol. The van der Waals surface area contributed by atoms with E-state index in [0.29, 0.717) is 5.69 Å². The first kappa shape index (κ1) is 20.3. The second-order valence-corrected chi connectivity index (χ2v) is 7.03. The molecule has 0 aliphatic rings.